The molecule has 0 bridgehead atoms. The first-order valence-corrected chi connectivity index (χ1v) is 11.4. The minimum absolute atomic E-state index is 0.170. The molecule has 29 heavy (non-hydrogen) atoms. The van der Waals surface area contributed by atoms with Gasteiger partial charge in [0.05, 0.1) is 12.2 Å². The van der Waals surface area contributed by atoms with Crippen LogP contribution in [0.4, 0.5) is 9.93 Å². The maximum Gasteiger partial charge on any atom is 0.321 e. The topological polar surface area (TPSA) is 74.3 Å². The molecule has 2 aromatic rings. The van der Waals surface area contributed by atoms with E-state index in [1.54, 1.807) is 0 Å². The highest BCUT2D eigenvalue weighted by Crippen LogP contribution is 2.29. The molecule has 1 aliphatic heterocycles. The van der Waals surface area contributed by atoms with Crippen molar-refractivity contribution in [2.45, 2.75) is 64.0 Å². The molecule has 1 saturated carbocycles. The van der Waals surface area contributed by atoms with Gasteiger partial charge in [0, 0.05) is 30.3 Å². The highest BCUT2D eigenvalue weighted by molar-refractivity contribution is 7.15. The van der Waals surface area contributed by atoms with E-state index in [1.807, 2.05) is 23.1 Å². The molecule has 0 spiro atoms. The number of urea groups is 1. The molecule has 1 aromatic carbocycles. The van der Waals surface area contributed by atoms with Gasteiger partial charge in [-0.3, -0.25) is 10.1 Å². The van der Waals surface area contributed by atoms with Crippen molar-refractivity contribution >= 4 is 28.4 Å². The Morgan fingerprint density at radius 3 is 2.76 bits per heavy atom. The number of nitrogens with one attached hydrogen (secondary N) is 2. The molecule has 0 saturated heterocycles. The zero-order chi connectivity index (χ0) is 20.1. The second-order valence-electron chi connectivity index (χ2n) is 7.87. The van der Waals surface area contributed by atoms with Crippen LogP contribution in [0.1, 0.15) is 54.7 Å². The van der Waals surface area contributed by atoms with Crippen molar-refractivity contribution in [2.24, 2.45) is 0 Å². The number of carbonyl (C=O) groups is 2. The van der Waals surface area contributed by atoms with Crippen molar-refractivity contribution in [3.05, 3.63) is 46.5 Å². The third kappa shape index (κ3) is 5.35. The fraction of sp³-hybridized carbons (Fsp3) is 0.500. The summed E-state index contributed by atoms with van der Waals surface area (Å²) in [6.07, 6.45) is 7.60. The smallest absolute Gasteiger partial charge is 0.321 e. The molecule has 2 N–H and O–H groups in total. The number of anilines is 1. The Kier molecular flexibility index (Phi) is 6.44. The third-order valence-electron chi connectivity index (χ3n) is 5.69. The maximum absolute atomic E-state index is 12.6. The van der Waals surface area contributed by atoms with E-state index in [4.69, 9.17) is 0 Å². The van der Waals surface area contributed by atoms with Gasteiger partial charge in [0.25, 0.3) is 0 Å². The van der Waals surface area contributed by atoms with Crippen LogP contribution in [0, 0.1) is 0 Å². The molecular formula is C22H28N4O2S. The van der Waals surface area contributed by atoms with Crippen molar-refractivity contribution < 1.29 is 9.59 Å². The zero-order valence-electron chi connectivity index (χ0n) is 16.7. The standard InChI is InChI=1S/C22H28N4O2S/c27-20(12-6-9-16-7-2-1-3-8-16)26-14-13-18-19(15-26)29-22(24-18)25-21(28)23-17-10-4-5-11-17/h1-3,7-8,17H,4-6,9-15H2,(H2,23,24,25,28). The molecule has 154 valence electrons. The van der Waals surface area contributed by atoms with Gasteiger partial charge in [-0.05, 0) is 31.2 Å². The molecule has 6 nitrogen and oxygen atoms in total. The molecule has 4 rings (SSSR count). The summed E-state index contributed by atoms with van der Waals surface area (Å²) in [6.45, 7) is 1.30. The van der Waals surface area contributed by atoms with Crippen LogP contribution < -0.4 is 10.6 Å². The van der Waals surface area contributed by atoms with E-state index < -0.39 is 0 Å². The van der Waals surface area contributed by atoms with Crippen LogP contribution in [0.25, 0.3) is 0 Å². The van der Waals surface area contributed by atoms with Gasteiger partial charge < -0.3 is 10.2 Å². The third-order valence-corrected chi connectivity index (χ3v) is 6.69. The summed E-state index contributed by atoms with van der Waals surface area (Å²) in [6, 6.07) is 10.4. The van der Waals surface area contributed by atoms with Gasteiger partial charge in [-0.2, -0.15) is 0 Å². The fourth-order valence-electron chi connectivity index (χ4n) is 4.10. The molecule has 2 aliphatic rings. The summed E-state index contributed by atoms with van der Waals surface area (Å²) in [4.78, 5) is 32.4. The Balaban J connectivity index is 1.25. The van der Waals surface area contributed by atoms with Crippen LogP contribution in [0.15, 0.2) is 30.3 Å². The van der Waals surface area contributed by atoms with Gasteiger partial charge in [-0.15, -0.1) is 0 Å². The lowest BCUT2D eigenvalue weighted by atomic mass is 10.1. The van der Waals surface area contributed by atoms with Crippen molar-refractivity contribution in [3.63, 3.8) is 0 Å². The van der Waals surface area contributed by atoms with Crippen molar-refractivity contribution in [2.75, 3.05) is 11.9 Å². The lowest BCUT2D eigenvalue weighted by Gasteiger charge is -2.26. The summed E-state index contributed by atoms with van der Waals surface area (Å²) >= 11 is 1.49. The first kappa shape index (κ1) is 19.9. The Morgan fingerprint density at radius 1 is 1.17 bits per heavy atom. The van der Waals surface area contributed by atoms with E-state index in [9.17, 15) is 9.59 Å². The molecule has 7 heteroatoms. The predicted molar refractivity (Wildman–Crippen MR) is 115 cm³/mol. The van der Waals surface area contributed by atoms with E-state index in [-0.39, 0.29) is 18.0 Å². The van der Waals surface area contributed by atoms with Gasteiger partial charge >= 0.3 is 6.03 Å². The number of fused-ring (bicyclic) bond motifs is 1. The normalized spacial score (nSPS) is 16.5. The first-order valence-electron chi connectivity index (χ1n) is 10.5. The minimum atomic E-state index is -0.170. The van der Waals surface area contributed by atoms with Crippen LogP contribution in [0.5, 0.6) is 0 Å². The summed E-state index contributed by atoms with van der Waals surface area (Å²) in [5, 5.41) is 6.53. The second-order valence-corrected chi connectivity index (χ2v) is 8.96. The number of carbonyl (C=O) groups excluding carboxylic acids is 2. The summed E-state index contributed by atoms with van der Waals surface area (Å²) < 4.78 is 0. The van der Waals surface area contributed by atoms with E-state index in [0.717, 1.165) is 42.7 Å². The lowest BCUT2D eigenvalue weighted by Crippen LogP contribution is -2.36. The van der Waals surface area contributed by atoms with Gasteiger partial charge in [0.1, 0.15) is 0 Å². The molecule has 0 unspecified atom stereocenters. The van der Waals surface area contributed by atoms with Crippen LogP contribution in [-0.4, -0.2) is 34.4 Å². The molecule has 1 aromatic heterocycles. The van der Waals surface area contributed by atoms with Crippen LogP contribution in [0.3, 0.4) is 0 Å². The lowest BCUT2D eigenvalue weighted by molar-refractivity contribution is -0.132. The first-order chi connectivity index (χ1) is 14.2. The van der Waals surface area contributed by atoms with Crippen molar-refractivity contribution in [1.29, 1.82) is 0 Å². The van der Waals surface area contributed by atoms with Crippen molar-refractivity contribution in [1.82, 2.24) is 15.2 Å². The van der Waals surface area contributed by atoms with Gasteiger partial charge in [0.15, 0.2) is 5.13 Å². The Hall–Kier alpha value is -2.41. The molecule has 0 atom stereocenters. The van der Waals surface area contributed by atoms with E-state index in [0.29, 0.717) is 24.6 Å². The van der Waals surface area contributed by atoms with E-state index >= 15 is 0 Å². The summed E-state index contributed by atoms with van der Waals surface area (Å²) in [5.41, 5.74) is 2.29. The number of nitrogens with zero attached hydrogens (tertiary/aromatic N) is 2. The number of hydrogen-bond donors (Lipinski definition) is 2. The minimum Gasteiger partial charge on any atom is -0.337 e. The number of benzene rings is 1. The Bertz CT molecular complexity index is 846. The highest BCUT2D eigenvalue weighted by atomic mass is 32.1. The molecule has 3 amide bonds. The van der Waals surface area contributed by atoms with Crippen LogP contribution >= 0.6 is 11.3 Å². The number of hydrogen-bond acceptors (Lipinski definition) is 4. The maximum atomic E-state index is 12.6. The Labute approximate surface area is 175 Å². The second kappa shape index (κ2) is 9.39. The average Bonchev–Trinajstić information content (AvgIpc) is 3.37. The number of thiazole rings is 1. The Morgan fingerprint density at radius 2 is 1.97 bits per heavy atom. The largest absolute Gasteiger partial charge is 0.337 e. The van der Waals surface area contributed by atoms with Gasteiger partial charge in [-0.1, -0.05) is 54.5 Å². The number of aromatic nitrogens is 1. The number of aryl methyl sites for hydroxylation is 1. The molecular weight excluding hydrogens is 384 g/mol. The fourth-order valence-corrected chi connectivity index (χ4v) is 5.12. The molecule has 2 heterocycles. The quantitative estimate of drug-likeness (QED) is 0.750. The van der Waals surface area contributed by atoms with E-state index in [1.165, 1.54) is 29.7 Å². The summed E-state index contributed by atoms with van der Waals surface area (Å²) in [5.74, 6) is 0.202. The molecule has 0 radical (unpaired) electrons. The SMILES string of the molecule is O=C(Nc1nc2c(s1)CN(C(=O)CCCc1ccccc1)CC2)NC1CCCC1. The molecule has 1 aliphatic carbocycles. The van der Waals surface area contributed by atoms with Crippen LogP contribution in [0.2, 0.25) is 0 Å². The predicted octanol–water partition coefficient (Wildman–Crippen LogP) is 4.11. The average molecular weight is 413 g/mol. The molecule has 1 fully saturated rings. The zero-order valence-corrected chi connectivity index (χ0v) is 17.5. The summed E-state index contributed by atoms with van der Waals surface area (Å²) in [7, 11) is 0. The van der Waals surface area contributed by atoms with Crippen molar-refractivity contribution in [3.8, 4) is 0 Å². The van der Waals surface area contributed by atoms with Crippen LogP contribution in [-0.2, 0) is 24.2 Å². The van der Waals surface area contributed by atoms with Gasteiger partial charge in [0.2, 0.25) is 5.91 Å². The van der Waals surface area contributed by atoms with Gasteiger partial charge in [-0.25, -0.2) is 9.78 Å². The monoisotopic (exact) mass is 412 g/mol. The highest BCUT2D eigenvalue weighted by Gasteiger charge is 2.25. The number of amides is 3. The number of rotatable bonds is 6. The van der Waals surface area contributed by atoms with E-state index in [2.05, 4.69) is 27.8 Å².